The van der Waals surface area contributed by atoms with Gasteiger partial charge in [-0.1, -0.05) is 18.2 Å². The fraction of sp³-hybridized carbons (Fsp3) is 0.263. The third-order valence-corrected chi connectivity index (χ3v) is 4.28. The molecule has 0 aliphatic carbocycles. The highest BCUT2D eigenvalue weighted by Gasteiger charge is 2.39. The van der Waals surface area contributed by atoms with Gasteiger partial charge in [-0.15, -0.1) is 0 Å². The maximum Gasteiger partial charge on any atom is 0.256 e. The van der Waals surface area contributed by atoms with Crippen LogP contribution in [0.1, 0.15) is 17.5 Å². The summed E-state index contributed by atoms with van der Waals surface area (Å²) < 4.78 is 5.11. The van der Waals surface area contributed by atoms with E-state index in [0.717, 1.165) is 16.8 Å². The lowest BCUT2D eigenvalue weighted by atomic mass is 10.1. The fourth-order valence-electron chi connectivity index (χ4n) is 2.96. The summed E-state index contributed by atoms with van der Waals surface area (Å²) in [6.45, 7) is 3.97. The Balaban J connectivity index is 1.83. The third-order valence-electron chi connectivity index (χ3n) is 4.28. The molecule has 1 atom stereocenters. The van der Waals surface area contributed by atoms with E-state index in [2.05, 4.69) is 5.32 Å². The zero-order valence-corrected chi connectivity index (χ0v) is 14.0. The molecule has 0 aromatic heterocycles. The van der Waals surface area contributed by atoms with Gasteiger partial charge in [-0.05, 0) is 49.2 Å². The Morgan fingerprint density at radius 1 is 1.04 bits per heavy atom. The second-order valence-electron chi connectivity index (χ2n) is 5.93. The maximum atomic E-state index is 12.7. The van der Waals surface area contributed by atoms with E-state index < -0.39 is 6.04 Å². The lowest BCUT2D eigenvalue weighted by molar-refractivity contribution is -0.121. The average molecular weight is 324 g/mol. The van der Waals surface area contributed by atoms with Gasteiger partial charge in [0, 0.05) is 5.69 Å². The van der Waals surface area contributed by atoms with Crippen molar-refractivity contribution in [1.82, 2.24) is 0 Å². The van der Waals surface area contributed by atoms with Crippen molar-refractivity contribution in [2.45, 2.75) is 26.3 Å². The number of benzene rings is 2. The van der Waals surface area contributed by atoms with Crippen LogP contribution >= 0.6 is 0 Å². The number of nitrogens with one attached hydrogen (secondary N) is 1. The van der Waals surface area contributed by atoms with Crippen LogP contribution in [0.5, 0.6) is 5.75 Å². The van der Waals surface area contributed by atoms with Crippen LogP contribution in [-0.4, -0.2) is 25.0 Å². The maximum absolute atomic E-state index is 12.7. The largest absolute Gasteiger partial charge is 0.497 e. The van der Waals surface area contributed by atoms with Gasteiger partial charge in [-0.25, -0.2) is 4.90 Å². The Kier molecular flexibility index (Phi) is 4.25. The predicted molar refractivity (Wildman–Crippen MR) is 93.4 cm³/mol. The summed E-state index contributed by atoms with van der Waals surface area (Å²) in [5.74, 6) is 0.254. The third kappa shape index (κ3) is 2.85. The number of imide groups is 1. The van der Waals surface area contributed by atoms with Gasteiger partial charge in [0.1, 0.15) is 11.8 Å². The van der Waals surface area contributed by atoms with Crippen LogP contribution in [0.15, 0.2) is 42.5 Å². The highest BCUT2D eigenvalue weighted by molar-refractivity contribution is 6.23. The van der Waals surface area contributed by atoms with Crippen molar-refractivity contribution in [3.05, 3.63) is 53.6 Å². The topological polar surface area (TPSA) is 58.6 Å². The molecule has 5 heteroatoms. The molecule has 2 aromatic rings. The first-order valence-corrected chi connectivity index (χ1v) is 7.85. The van der Waals surface area contributed by atoms with Gasteiger partial charge in [0.2, 0.25) is 5.91 Å². The van der Waals surface area contributed by atoms with E-state index >= 15 is 0 Å². The summed E-state index contributed by atoms with van der Waals surface area (Å²) in [5.41, 5.74) is 3.59. The first-order chi connectivity index (χ1) is 11.5. The molecule has 2 amide bonds. The molecule has 0 bridgehead atoms. The highest BCUT2D eigenvalue weighted by Crippen LogP contribution is 2.28. The zero-order chi connectivity index (χ0) is 17.3. The van der Waals surface area contributed by atoms with Gasteiger partial charge in [0.05, 0.1) is 19.2 Å². The number of methoxy groups -OCH3 is 1. The number of nitrogens with zero attached hydrogens (tertiary/aromatic N) is 1. The van der Waals surface area contributed by atoms with Crippen molar-refractivity contribution >= 4 is 23.2 Å². The molecule has 1 N–H and O–H groups in total. The van der Waals surface area contributed by atoms with Gasteiger partial charge >= 0.3 is 0 Å². The van der Waals surface area contributed by atoms with Crippen molar-refractivity contribution in [3.63, 3.8) is 0 Å². The van der Waals surface area contributed by atoms with E-state index in [4.69, 9.17) is 4.74 Å². The second kappa shape index (κ2) is 6.35. The average Bonchev–Trinajstić information content (AvgIpc) is 2.85. The first kappa shape index (κ1) is 16.1. The molecule has 1 heterocycles. The summed E-state index contributed by atoms with van der Waals surface area (Å²) in [6.07, 6.45) is 0.151. The molecule has 124 valence electrons. The highest BCUT2D eigenvalue weighted by atomic mass is 16.5. The number of rotatable bonds is 4. The quantitative estimate of drug-likeness (QED) is 0.878. The minimum atomic E-state index is -0.542. The standard InChI is InChI=1S/C19H20N2O3/c1-12-5-4-6-13(2)18(12)20-16-11-17(22)21(19(16)23)14-7-9-15(24-3)10-8-14/h4-10,16,20H,11H2,1-3H3. The number of anilines is 2. The number of amides is 2. The minimum absolute atomic E-state index is 0.151. The molecular weight excluding hydrogens is 304 g/mol. The molecule has 2 aromatic carbocycles. The summed E-state index contributed by atoms with van der Waals surface area (Å²) in [5, 5.41) is 3.24. The van der Waals surface area contributed by atoms with Gasteiger partial charge < -0.3 is 10.1 Å². The molecule has 1 aliphatic heterocycles. The summed E-state index contributed by atoms with van der Waals surface area (Å²) in [7, 11) is 1.58. The van der Waals surface area contributed by atoms with Crippen LogP contribution in [0.25, 0.3) is 0 Å². The van der Waals surface area contributed by atoms with E-state index in [1.54, 1.807) is 31.4 Å². The number of carbonyl (C=O) groups is 2. The molecule has 3 rings (SSSR count). The van der Waals surface area contributed by atoms with E-state index in [-0.39, 0.29) is 18.2 Å². The van der Waals surface area contributed by atoms with Gasteiger partial charge in [-0.2, -0.15) is 0 Å². The predicted octanol–water partition coefficient (Wildman–Crippen LogP) is 3.06. The lowest BCUT2D eigenvalue weighted by Gasteiger charge is -2.18. The van der Waals surface area contributed by atoms with Crippen molar-refractivity contribution in [2.24, 2.45) is 0 Å². The molecule has 1 fully saturated rings. The van der Waals surface area contributed by atoms with Crippen molar-refractivity contribution in [3.8, 4) is 5.75 Å². The molecule has 0 radical (unpaired) electrons. The SMILES string of the molecule is COc1ccc(N2C(=O)CC(Nc3c(C)cccc3C)C2=O)cc1. The van der Waals surface area contributed by atoms with Gasteiger partial charge in [-0.3, -0.25) is 9.59 Å². The fourth-order valence-corrected chi connectivity index (χ4v) is 2.96. The van der Waals surface area contributed by atoms with E-state index in [9.17, 15) is 9.59 Å². The molecular formula is C19H20N2O3. The van der Waals surface area contributed by atoms with E-state index in [0.29, 0.717) is 11.4 Å². The number of carbonyl (C=O) groups excluding carboxylic acids is 2. The first-order valence-electron chi connectivity index (χ1n) is 7.85. The monoisotopic (exact) mass is 324 g/mol. The van der Waals surface area contributed by atoms with E-state index in [1.807, 2.05) is 32.0 Å². The molecule has 0 saturated carbocycles. The van der Waals surface area contributed by atoms with Gasteiger partial charge in [0.25, 0.3) is 5.91 Å². The molecule has 1 unspecified atom stereocenters. The van der Waals surface area contributed by atoms with Crippen molar-refractivity contribution in [2.75, 3.05) is 17.3 Å². The Hall–Kier alpha value is -2.82. The van der Waals surface area contributed by atoms with Crippen LogP contribution in [0.2, 0.25) is 0 Å². The van der Waals surface area contributed by atoms with Crippen LogP contribution in [-0.2, 0) is 9.59 Å². The lowest BCUT2D eigenvalue weighted by Crippen LogP contribution is -2.35. The summed E-state index contributed by atoms with van der Waals surface area (Å²) in [4.78, 5) is 26.3. The Bertz CT molecular complexity index is 763. The molecule has 5 nitrogen and oxygen atoms in total. The number of hydrogen-bond donors (Lipinski definition) is 1. The number of aryl methyl sites for hydroxylation is 2. The Labute approximate surface area is 141 Å². The zero-order valence-electron chi connectivity index (χ0n) is 14.0. The Morgan fingerprint density at radius 2 is 1.67 bits per heavy atom. The molecule has 1 saturated heterocycles. The number of ether oxygens (including phenoxy) is 1. The Morgan fingerprint density at radius 3 is 2.25 bits per heavy atom. The van der Waals surface area contributed by atoms with Crippen molar-refractivity contribution < 1.29 is 14.3 Å². The normalized spacial score (nSPS) is 17.3. The van der Waals surface area contributed by atoms with Crippen LogP contribution in [0.4, 0.5) is 11.4 Å². The number of hydrogen-bond acceptors (Lipinski definition) is 4. The molecule has 24 heavy (non-hydrogen) atoms. The van der Waals surface area contributed by atoms with Crippen LogP contribution < -0.4 is 15.0 Å². The minimum Gasteiger partial charge on any atom is -0.497 e. The van der Waals surface area contributed by atoms with Crippen molar-refractivity contribution in [1.29, 1.82) is 0 Å². The molecule has 0 spiro atoms. The second-order valence-corrected chi connectivity index (χ2v) is 5.93. The van der Waals surface area contributed by atoms with Crippen LogP contribution in [0.3, 0.4) is 0 Å². The smallest absolute Gasteiger partial charge is 0.256 e. The van der Waals surface area contributed by atoms with Crippen LogP contribution in [0, 0.1) is 13.8 Å². The summed E-state index contributed by atoms with van der Waals surface area (Å²) in [6, 6.07) is 12.3. The number of para-hydroxylation sites is 1. The molecule has 1 aliphatic rings. The van der Waals surface area contributed by atoms with E-state index in [1.165, 1.54) is 4.90 Å². The van der Waals surface area contributed by atoms with Gasteiger partial charge in [0.15, 0.2) is 0 Å². The summed E-state index contributed by atoms with van der Waals surface area (Å²) >= 11 is 0.